The van der Waals surface area contributed by atoms with E-state index in [0.717, 1.165) is 28.6 Å². The molecule has 2 aromatic carbocycles. The minimum Gasteiger partial charge on any atom is -0.347 e. The van der Waals surface area contributed by atoms with Crippen molar-refractivity contribution in [2.45, 2.75) is 26.1 Å². The number of nitrogens with zero attached hydrogens (tertiary/aromatic N) is 8. The van der Waals surface area contributed by atoms with Gasteiger partial charge in [0.25, 0.3) is 11.8 Å². The fourth-order valence-electron chi connectivity index (χ4n) is 3.76. The van der Waals surface area contributed by atoms with Crippen LogP contribution in [0.5, 0.6) is 0 Å². The molecule has 0 saturated heterocycles. The topological polar surface area (TPSA) is 153 Å². The summed E-state index contributed by atoms with van der Waals surface area (Å²) in [6, 6.07) is 14.2. The predicted octanol–water partition coefficient (Wildman–Crippen LogP) is 2.53. The molecule has 0 spiro atoms. The Morgan fingerprint density at radius 3 is 2.33 bits per heavy atom. The summed E-state index contributed by atoms with van der Waals surface area (Å²) >= 11 is 0. The summed E-state index contributed by atoms with van der Waals surface area (Å²) < 4.78 is 13.1. The maximum Gasteiger partial charge on any atom is 0.270 e. The third-order valence-corrected chi connectivity index (χ3v) is 5.91. The molecule has 0 aliphatic carbocycles. The largest absolute Gasteiger partial charge is 0.347 e. The van der Waals surface area contributed by atoms with E-state index in [-0.39, 0.29) is 29.8 Å². The van der Waals surface area contributed by atoms with Gasteiger partial charge in [0.2, 0.25) is 5.82 Å². The van der Waals surface area contributed by atoms with E-state index in [4.69, 9.17) is 0 Å². The number of amides is 2. The van der Waals surface area contributed by atoms with Gasteiger partial charge in [-0.05, 0) is 35.4 Å². The van der Waals surface area contributed by atoms with Gasteiger partial charge in [-0.3, -0.25) is 9.59 Å². The van der Waals surface area contributed by atoms with Gasteiger partial charge in [-0.1, -0.05) is 36.4 Å². The zero-order valence-corrected chi connectivity index (χ0v) is 21.3. The molecule has 2 N–H and O–H groups in total. The van der Waals surface area contributed by atoms with E-state index in [9.17, 15) is 14.0 Å². The van der Waals surface area contributed by atoms with Gasteiger partial charge in [-0.15, -0.1) is 10.2 Å². The number of tetrazole rings is 1. The van der Waals surface area contributed by atoms with E-state index in [1.54, 1.807) is 24.5 Å². The molecule has 2 amide bonds. The molecular formula is C27H23FN10O2. The quantitative estimate of drug-likeness (QED) is 0.288. The SMILES string of the molecule is C[C@H](NC(=O)c1cc(C(=O)NCc2ccc(F)cc2)ncn1)c1ccc(-c2nnn(Cc3cncnc3)n2)cc1. The molecule has 40 heavy (non-hydrogen) atoms. The lowest BCUT2D eigenvalue weighted by atomic mass is 10.1. The first kappa shape index (κ1) is 26.2. The number of carbonyl (C=O) groups is 2. The van der Waals surface area contributed by atoms with Crippen LogP contribution in [-0.4, -0.2) is 52.0 Å². The summed E-state index contributed by atoms with van der Waals surface area (Å²) in [5, 5.41) is 18.2. The number of aromatic nitrogens is 8. The van der Waals surface area contributed by atoms with Crippen molar-refractivity contribution in [2.75, 3.05) is 0 Å². The van der Waals surface area contributed by atoms with Gasteiger partial charge in [-0.25, -0.2) is 24.3 Å². The second kappa shape index (κ2) is 11.9. The molecule has 3 aromatic heterocycles. The predicted molar refractivity (Wildman–Crippen MR) is 140 cm³/mol. The van der Waals surface area contributed by atoms with E-state index < -0.39 is 11.8 Å². The van der Waals surface area contributed by atoms with Crippen molar-refractivity contribution in [1.82, 2.24) is 50.8 Å². The van der Waals surface area contributed by atoms with Crippen molar-refractivity contribution in [3.8, 4) is 11.4 Å². The van der Waals surface area contributed by atoms with Crippen molar-refractivity contribution in [3.05, 3.63) is 114 Å². The van der Waals surface area contributed by atoms with Gasteiger partial charge in [0.1, 0.15) is 29.9 Å². The highest BCUT2D eigenvalue weighted by molar-refractivity contribution is 5.97. The highest BCUT2D eigenvalue weighted by atomic mass is 19.1. The lowest BCUT2D eigenvalue weighted by molar-refractivity contribution is 0.0934. The molecule has 0 radical (unpaired) electrons. The number of benzene rings is 2. The zero-order chi connectivity index (χ0) is 27.9. The molecule has 5 aromatic rings. The summed E-state index contributed by atoms with van der Waals surface area (Å²) in [6.07, 6.45) is 5.99. The van der Waals surface area contributed by atoms with Crippen LogP contribution in [0.2, 0.25) is 0 Å². The molecule has 0 aliphatic rings. The molecule has 13 heteroatoms. The average molecular weight is 539 g/mol. The monoisotopic (exact) mass is 538 g/mol. The number of hydrogen-bond donors (Lipinski definition) is 2. The maximum atomic E-state index is 13.1. The third kappa shape index (κ3) is 6.51. The first-order chi connectivity index (χ1) is 19.4. The zero-order valence-electron chi connectivity index (χ0n) is 21.3. The fraction of sp³-hybridized carbons (Fsp3) is 0.148. The maximum absolute atomic E-state index is 13.1. The van der Waals surface area contributed by atoms with Crippen LogP contribution >= 0.6 is 0 Å². The Morgan fingerprint density at radius 2 is 1.60 bits per heavy atom. The molecule has 0 fully saturated rings. The number of rotatable bonds is 9. The van der Waals surface area contributed by atoms with Crippen molar-refractivity contribution < 1.29 is 14.0 Å². The van der Waals surface area contributed by atoms with Crippen LogP contribution in [0.3, 0.4) is 0 Å². The highest BCUT2D eigenvalue weighted by Gasteiger charge is 2.16. The van der Waals surface area contributed by atoms with Gasteiger partial charge in [0.05, 0.1) is 12.6 Å². The number of nitrogens with one attached hydrogen (secondary N) is 2. The number of halogens is 1. The van der Waals surface area contributed by atoms with Crippen LogP contribution in [-0.2, 0) is 13.1 Å². The standard InChI is InChI=1S/C27H23FN10O2/c1-17(20-4-6-21(7-5-20)25-35-37-38(36-25)14-19-11-29-15-30-12-19)34-27(40)24-10-23(32-16-33-24)26(39)31-13-18-2-8-22(28)9-3-18/h2-12,15-17H,13-14H2,1H3,(H,31,39)(H,34,40)/t17-/m0/s1. The molecule has 3 heterocycles. The van der Waals surface area contributed by atoms with Crippen LogP contribution in [0, 0.1) is 5.82 Å². The van der Waals surface area contributed by atoms with E-state index in [1.165, 1.54) is 29.3 Å². The fourth-order valence-corrected chi connectivity index (χ4v) is 3.76. The van der Waals surface area contributed by atoms with Crippen molar-refractivity contribution in [1.29, 1.82) is 0 Å². The Bertz CT molecular complexity index is 1610. The summed E-state index contributed by atoms with van der Waals surface area (Å²) in [5.41, 5.74) is 3.29. The van der Waals surface area contributed by atoms with Gasteiger partial charge in [0.15, 0.2) is 0 Å². The van der Waals surface area contributed by atoms with Crippen LogP contribution in [0.1, 0.15) is 50.6 Å². The Kier molecular flexibility index (Phi) is 7.81. The van der Waals surface area contributed by atoms with Crippen molar-refractivity contribution in [3.63, 3.8) is 0 Å². The molecule has 0 unspecified atom stereocenters. The molecule has 12 nitrogen and oxygen atoms in total. The average Bonchev–Trinajstić information content (AvgIpc) is 3.45. The van der Waals surface area contributed by atoms with Crippen LogP contribution in [0.25, 0.3) is 11.4 Å². The Morgan fingerprint density at radius 1 is 0.900 bits per heavy atom. The Labute approximate surface area is 227 Å². The van der Waals surface area contributed by atoms with Gasteiger partial charge >= 0.3 is 0 Å². The van der Waals surface area contributed by atoms with E-state index in [1.807, 2.05) is 31.2 Å². The molecule has 0 saturated carbocycles. The van der Waals surface area contributed by atoms with Crippen molar-refractivity contribution >= 4 is 11.8 Å². The van der Waals surface area contributed by atoms with Crippen LogP contribution in [0.15, 0.2) is 79.6 Å². The minimum atomic E-state index is -0.480. The summed E-state index contributed by atoms with van der Waals surface area (Å²) in [5.74, 6) is -0.831. The Hall–Kier alpha value is -5.46. The summed E-state index contributed by atoms with van der Waals surface area (Å²) in [6.45, 7) is 2.42. The minimum absolute atomic E-state index is 0.0413. The van der Waals surface area contributed by atoms with Gasteiger partial charge < -0.3 is 10.6 Å². The molecular weight excluding hydrogens is 515 g/mol. The first-order valence-electron chi connectivity index (χ1n) is 12.2. The molecule has 1 atom stereocenters. The Balaban J connectivity index is 1.18. The summed E-state index contributed by atoms with van der Waals surface area (Å²) in [7, 11) is 0. The third-order valence-electron chi connectivity index (χ3n) is 5.91. The number of carbonyl (C=O) groups excluding carboxylic acids is 2. The lowest BCUT2D eigenvalue weighted by Gasteiger charge is -2.14. The van der Waals surface area contributed by atoms with E-state index in [2.05, 4.69) is 46.0 Å². The van der Waals surface area contributed by atoms with E-state index in [0.29, 0.717) is 12.4 Å². The highest BCUT2D eigenvalue weighted by Crippen LogP contribution is 2.19. The molecule has 5 rings (SSSR count). The molecule has 0 aliphatic heterocycles. The van der Waals surface area contributed by atoms with Crippen molar-refractivity contribution in [2.24, 2.45) is 0 Å². The lowest BCUT2D eigenvalue weighted by Crippen LogP contribution is -2.29. The van der Waals surface area contributed by atoms with Gasteiger partial charge in [0, 0.05) is 36.1 Å². The summed E-state index contributed by atoms with van der Waals surface area (Å²) in [4.78, 5) is 42.7. The van der Waals surface area contributed by atoms with Gasteiger partial charge in [-0.2, -0.15) is 4.80 Å². The number of hydrogen-bond acceptors (Lipinski definition) is 9. The first-order valence-corrected chi connectivity index (χ1v) is 12.2. The second-order valence-electron chi connectivity index (χ2n) is 8.80. The normalized spacial score (nSPS) is 11.6. The molecule has 0 bridgehead atoms. The van der Waals surface area contributed by atoms with E-state index >= 15 is 0 Å². The smallest absolute Gasteiger partial charge is 0.270 e. The second-order valence-corrected chi connectivity index (χ2v) is 8.80. The molecule has 200 valence electrons. The van der Waals surface area contributed by atoms with Crippen LogP contribution in [0.4, 0.5) is 4.39 Å². The van der Waals surface area contributed by atoms with Crippen LogP contribution < -0.4 is 10.6 Å².